The highest BCUT2D eigenvalue weighted by Gasteiger charge is 2.59. The van der Waals surface area contributed by atoms with E-state index in [2.05, 4.69) is 19.2 Å². The fourth-order valence-corrected chi connectivity index (χ4v) is 15.4. The third-order valence-corrected chi connectivity index (χ3v) is 22.6. The maximum atomic E-state index is 13.6. The van der Waals surface area contributed by atoms with Crippen LogP contribution < -0.4 is 16.8 Å². The van der Waals surface area contributed by atoms with Gasteiger partial charge in [-0.05, 0) is 33.1 Å². The number of amides is 1. The monoisotopic (exact) mass is 1640 g/mol. The minimum absolute atomic E-state index is 0.173. The van der Waals surface area contributed by atoms with Gasteiger partial charge in [0.1, 0.15) is 146 Å². The predicted molar refractivity (Wildman–Crippen MR) is 395 cm³/mol. The van der Waals surface area contributed by atoms with Gasteiger partial charge in [0.2, 0.25) is 5.91 Å². The van der Waals surface area contributed by atoms with Gasteiger partial charge in [0, 0.05) is 6.42 Å². The van der Waals surface area contributed by atoms with Gasteiger partial charge in [-0.3, -0.25) is 4.79 Å². The van der Waals surface area contributed by atoms with E-state index < -0.39 is 267 Å². The van der Waals surface area contributed by atoms with Crippen molar-refractivity contribution in [2.75, 3.05) is 39.6 Å². The number of rotatable bonds is 49. The molecule has 0 aliphatic carbocycles. The molecule has 7 rings (SSSR count). The SMILES string of the molecule is CCCCCCCCCCCCC/C=C/C(O)C(CO[C@@H]1OC(CO)[C@H](O)C(O[C@@H]2OC(CO)[C@H](O[C@@H]3OC(CO)[C@H](O)C(O[C@@H]4OC(CO)[C@@H](O[C@@H]5OC(CO)[C@H](O)C(O)C5O[C@@H]5OC(C)[C@@H](O)C(O)C5O)C(O[C@@H]5OC(C)[C@@H](O)C(O)C5O)C4N)C3O)C(O)C2N)C1O)NC(=O)CCCCCCCCCCCCCCC. The first-order valence-electron chi connectivity index (χ1n) is 41.4. The molecule has 7 fully saturated rings. The van der Waals surface area contributed by atoms with Crippen molar-refractivity contribution in [2.45, 2.75) is 422 Å². The van der Waals surface area contributed by atoms with Crippen LogP contribution >= 0.6 is 0 Å². The second-order valence-electron chi connectivity index (χ2n) is 31.4. The largest absolute Gasteiger partial charge is 0.394 e. The van der Waals surface area contributed by atoms with Crippen molar-refractivity contribution in [3.8, 4) is 0 Å². The number of aliphatic hydroxyl groups is 19. The molecule has 37 nitrogen and oxygen atoms in total. The Labute approximate surface area is 661 Å². The van der Waals surface area contributed by atoms with E-state index in [0.29, 0.717) is 12.8 Å². The highest BCUT2D eigenvalue weighted by molar-refractivity contribution is 5.76. The maximum absolute atomic E-state index is 13.6. The van der Waals surface area contributed by atoms with Gasteiger partial charge in [0.05, 0.1) is 76.1 Å². The van der Waals surface area contributed by atoms with Crippen molar-refractivity contribution in [1.82, 2.24) is 5.32 Å². The van der Waals surface area contributed by atoms with Crippen LogP contribution in [0.1, 0.15) is 195 Å². The van der Waals surface area contributed by atoms with E-state index in [1.54, 1.807) is 6.08 Å². The third kappa shape index (κ3) is 27.7. The van der Waals surface area contributed by atoms with Crippen LogP contribution in [0.25, 0.3) is 0 Å². The number of carbonyl (C=O) groups excluding carboxylic acids is 1. The van der Waals surface area contributed by atoms with Gasteiger partial charge in [-0.1, -0.05) is 167 Å². The van der Waals surface area contributed by atoms with Crippen molar-refractivity contribution < 1.29 is 168 Å². The van der Waals surface area contributed by atoms with E-state index in [9.17, 15) is 102 Å². The van der Waals surface area contributed by atoms with Gasteiger partial charge in [-0.2, -0.15) is 0 Å². The molecule has 37 atom stereocenters. The molecular formula is C76H139N3O34. The van der Waals surface area contributed by atoms with E-state index in [0.717, 1.165) is 51.4 Å². The number of carbonyl (C=O) groups is 1. The smallest absolute Gasteiger partial charge is 0.220 e. The van der Waals surface area contributed by atoms with Crippen LogP contribution in [0, 0.1) is 0 Å². The highest BCUT2D eigenvalue weighted by Crippen LogP contribution is 2.39. The molecule has 7 heterocycles. The number of nitrogens with two attached hydrogens (primary N) is 2. The van der Waals surface area contributed by atoms with Gasteiger partial charge in [0.15, 0.2) is 44.0 Å². The Balaban J connectivity index is 1.02. The topological polar surface area (TPSA) is 595 Å². The predicted octanol–water partition coefficient (Wildman–Crippen LogP) is -3.68. The van der Waals surface area contributed by atoms with Crippen LogP contribution in [0.5, 0.6) is 0 Å². The zero-order chi connectivity index (χ0) is 82.6. The zero-order valence-corrected chi connectivity index (χ0v) is 65.9. The molecule has 1 amide bonds. The molecule has 0 aromatic rings. The first-order valence-corrected chi connectivity index (χ1v) is 41.4. The third-order valence-electron chi connectivity index (χ3n) is 22.6. The number of hydrogen-bond acceptors (Lipinski definition) is 36. The Morgan fingerprint density at radius 1 is 0.354 bits per heavy atom. The summed E-state index contributed by atoms with van der Waals surface area (Å²) < 4.78 is 83.9. The average Bonchev–Trinajstić information content (AvgIpc) is 0.764. The standard InChI is InChI=1S/C76H139N3O34/c1-5-7-9-11-13-15-17-19-21-23-25-27-29-31-42(85)41(79-48(86)32-30-28-26-24-22-20-18-16-14-12-10-8-6-2)38-100-72-62(98)67(54(90)44(34-81)103-72)111-70-49(77)56(92)64(46(36-83)106-70)108-75-63(99)68(55(91)45(35-82)104-75)112-71-50(78)66(110-73-60(96)57(93)51(87)39(3)101-73)65(47(37-84)107-71)109-76-69(59(95)53(89)43(33-80)105-76)113-74-61(97)58(94)52(88)40(4)102-74/h29,31,39-47,49-76,80-85,87-99H,5-28,30,32-38,77-78H2,1-4H3,(H,79,86)/b31-29+/t39?,40?,41?,42?,43?,44?,45?,46?,47?,49?,50?,51-,52-,53+,54+,55+,56?,57?,58?,59?,60?,61?,62?,63?,64+,65-,66?,67?,68?,69?,70+,71+,72-,73+,74+,75+,76+/m1/s1. The van der Waals surface area contributed by atoms with Crippen LogP contribution in [0.3, 0.4) is 0 Å². The van der Waals surface area contributed by atoms with Gasteiger partial charge in [-0.25, -0.2) is 0 Å². The van der Waals surface area contributed by atoms with E-state index in [4.69, 9.17) is 77.8 Å². The summed E-state index contributed by atoms with van der Waals surface area (Å²) in [4.78, 5) is 13.6. The molecular weight excluding hydrogens is 1500 g/mol. The molecule has 0 aromatic heterocycles. The molecule has 0 spiro atoms. The molecule has 37 heteroatoms. The first kappa shape index (κ1) is 97.9. The molecule has 0 radical (unpaired) electrons. The average molecular weight is 1640 g/mol. The Morgan fingerprint density at radius 2 is 0.717 bits per heavy atom. The summed E-state index contributed by atoms with van der Waals surface area (Å²) in [6.07, 6.45) is -30.5. The number of hydrogen-bond donors (Lipinski definition) is 22. The second-order valence-corrected chi connectivity index (χ2v) is 31.4. The van der Waals surface area contributed by atoms with E-state index >= 15 is 0 Å². The van der Waals surface area contributed by atoms with Crippen molar-refractivity contribution in [3.05, 3.63) is 12.2 Å². The molecule has 7 aliphatic rings. The molecule has 662 valence electrons. The molecule has 24 N–H and O–H groups in total. The lowest BCUT2D eigenvalue weighted by Crippen LogP contribution is -2.71. The summed E-state index contributed by atoms with van der Waals surface area (Å²) in [5.74, 6) is -0.343. The van der Waals surface area contributed by atoms with Gasteiger partial charge < -0.3 is 180 Å². The number of ether oxygens (including phenoxy) is 14. The zero-order valence-electron chi connectivity index (χ0n) is 65.9. The van der Waals surface area contributed by atoms with Gasteiger partial charge in [-0.15, -0.1) is 0 Å². The fourth-order valence-electron chi connectivity index (χ4n) is 15.4. The number of aliphatic hydroxyl groups excluding tert-OH is 19. The van der Waals surface area contributed by atoms with Crippen LogP contribution in [-0.4, -0.2) is 370 Å². The normalized spacial score (nSPS) is 41.2. The highest BCUT2D eigenvalue weighted by atomic mass is 16.8. The molecule has 7 saturated heterocycles. The number of nitrogens with one attached hydrogen (secondary N) is 1. The Bertz CT molecular complexity index is 2610. The van der Waals surface area contributed by atoms with Crippen LogP contribution in [0.4, 0.5) is 0 Å². The Kier molecular flexibility index (Phi) is 43.6. The lowest BCUT2D eigenvalue weighted by Gasteiger charge is -2.51. The fraction of sp³-hybridized carbons (Fsp3) is 0.961. The summed E-state index contributed by atoms with van der Waals surface area (Å²) >= 11 is 0. The first-order chi connectivity index (χ1) is 54.2. The number of unbranched alkanes of at least 4 members (excludes halogenated alkanes) is 23. The van der Waals surface area contributed by atoms with Crippen molar-refractivity contribution in [1.29, 1.82) is 0 Å². The summed E-state index contributed by atoms with van der Waals surface area (Å²) in [6, 6.07) is -4.66. The number of allylic oxidation sites excluding steroid dienone is 1. The van der Waals surface area contributed by atoms with Crippen LogP contribution in [0.15, 0.2) is 12.2 Å². The lowest BCUT2D eigenvalue weighted by molar-refractivity contribution is -0.400. The van der Waals surface area contributed by atoms with E-state index in [1.165, 1.54) is 110 Å². The van der Waals surface area contributed by atoms with E-state index in [1.807, 2.05) is 6.08 Å². The molecule has 0 bridgehead atoms. The molecule has 0 saturated carbocycles. The Morgan fingerprint density at radius 3 is 1.19 bits per heavy atom. The van der Waals surface area contributed by atoms with Crippen molar-refractivity contribution in [3.63, 3.8) is 0 Å². The minimum Gasteiger partial charge on any atom is -0.394 e. The minimum atomic E-state index is -2.23. The molecule has 113 heavy (non-hydrogen) atoms. The van der Waals surface area contributed by atoms with Crippen LogP contribution in [0.2, 0.25) is 0 Å². The summed E-state index contributed by atoms with van der Waals surface area (Å²) in [5, 5.41) is 214. The van der Waals surface area contributed by atoms with E-state index in [-0.39, 0.29) is 12.3 Å². The van der Waals surface area contributed by atoms with Gasteiger partial charge >= 0.3 is 0 Å². The lowest BCUT2D eigenvalue weighted by atomic mass is 9.94. The van der Waals surface area contributed by atoms with Gasteiger partial charge in [0.25, 0.3) is 0 Å². The molecule has 23 unspecified atom stereocenters. The summed E-state index contributed by atoms with van der Waals surface area (Å²) in [6.45, 7) is 1.66. The molecule has 0 aromatic carbocycles. The summed E-state index contributed by atoms with van der Waals surface area (Å²) in [7, 11) is 0. The molecule has 7 aliphatic heterocycles. The van der Waals surface area contributed by atoms with Crippen molar-refractivity contribution >= 4 is 5.91 Å². The summed E-state index contributed by atoms with van der Waals surface area (Å²) in [5.41, 5.74) is 13.5. The Hall–Kier alpha value is -2.19. The maximum Gasteiger partial charge on any atom is 0.220 e. The second kappa shape index (κ2) is 50.3. The van der Waals surface area contributed by atoms with Crippen molar-refractivity contribution in [2.24, 2.45) is 11.5 Å². The quantitative estimate of drug-likeness (QED) is 0.0206. The van der Waals surface area contributed by atoms with Crippen LogP contribution in [-0.2, 0) is 71.1 Å².